The van der Waals surface area contributed by atoms with Gasteiger partial charge in [-0.2, -0.15) is 0 Å². The molecule has 2 heteroatoms. The molecule has 0 unspecified atom stereocenters. The maximum atomic E-state index is 2.42. The largest absolute Gasteiger partial charge is 0.310 e. The van der Waals surface area contributed by atoms with Crippen molar-refractivity contribution in [2.24, 2.45) is 0 Å². The minimum Gasteiger partial charge on any atom is -0.310 e. The molecule has 0 atom stereocenters. The zero-order valence-corrected chi connectivity index (χ0v) is 29.2. The Labute approximate surface area is 307 Å². The quantitative estimate of drug-likeness (QED) is 0.169. The molecule has 0 amide bonds. The van der Waals surface area contributed by atoms with Crippen molar-refractivity contribution < 1.29 is 0 Å². The van der Waals surface area contributed by atoms with Crippen LogP contribution in [-0.4, -0.2) is 0 Å². The number of nitrogens with zero attached hydrogens (tertiary/aromatic N) is 1. The zero-order chi connectivity index (χ0) is 34.4. The van der Waals surface area contributed by atoms with Crippen LogP contribution in [0.3, 0.4) is 0 Å². The second-order valence-electron chi connectivity index (χ2n) is 13.3. The maximum Gasteiger partial charge on any atom is 0.0540 e. The number of hydrogen-bond donors (Lipinski definition) is 0. The molecule has 0 N–H and O–H groups in total. The summed E-state index contributed by atoms with van der Waals surface area (Å²) in [4.78, 5) is 2.42. The molecule has 0 fully saturated rings. The summed E-state index contributed by atoms with van der Waals surface area (Å²) in [5.41, 5.74) is 10.6. The van der Waals surface area contributed by atoms with Gasteiger partial charge in [-0.05, 0) is 97.9 Å². The van der Waals surface area contributed by atoms with Gasteiger partial charge in [0.25, 0.3) is 0 Å². The lowest BCUT2D eigenvalue weighted by Crippen LogP contribution is -2.11. The molecule has 1 nitrogen and oxygen atoms in total. The fraction of sp³-hybridized carbons (Fsp3) is 0. The highest BCUT2D eigenvalue weighted by atomic mass is 32.1. The summed E-state index contributed by atoms with van der Waals surface area (Å²) in [5, 5.41) is 7.60. The van der Waals surface area contributed by atoms with Crippen LogP contribution in [0.5, 0.6) is 0 Å². The fourth-order valence-electron chi connectivity index (χ4n) is 7.68. The first kappa shape index (κ1) is 30.4. The summed E-state index contributed by atoms with van der Waals surface area (Å²) in [6.45, 7) is 0. The first-order chi connectivity index (χ1) is 25.8. The van der Waals surface area contributed by atoms with Crippen molar-refractivity contribution >= 4 is 70.1 Å². The molecule has 52 heavy (non-hydrogen) atoms. The Balaban J connectivity index is 1.15. The van der Waals surface area contributed by atoms with Crippen LogP contribution in [0.1, 0.15) is 0 Å². The van der Waals surface area contributed by atoms with E-state index in [1.54, 1.807) is 0 Å². The zero-order valence-electron chi connectivity index (χ0n) is 28.4. The molecule has 0 aliphatic heterocycles. The van der Waals surface area contributed by atoms with E-state index in [4.69, 9.17) is 0 Å². The van der Waals surface area contributed by atoms with Crippen molar-refractivity contribution in [2.75, 3.05) is 4.90 Å². The molecule has 0 bridgehead atoms. The van der Waals surface area contributed by atoms with E-state index in [9.17, 15) is 0 Å². The van der Waals surface area contributed by atoms with Crippen LogP contribution in [0.2, 0.25) is 0 Å². The van der Waals surface area contributed by atoms with Gasteiger partial charge in [0.2, 0.25) is 0 Å². The summed E-state index contributed by atoms with van der Waals surface area (Å²) in [6.07, 6.45) is 0. The third kappa shape index (κ3) is 5.33. The minimum atomic E-state index is 1.11. The van der Waals surface area contributed by atoms with E-state index in [1.807, 2.05) is 11.3 Å². The van der Waals surface area contributed by atoms with Crippen LogP contribution in [0, 0.1) is 0 Å². The van der Waals surface area contributed by atoms with Crippen molar-refractivity contribution in [2.45, 2.75) is 0 Å². The minimum absolute atomic E-state index is 1.11. The summed E-state index contributed by atoms with van der Waals surface area (Å²) < 4.78 is 2.64. The van der Waals surface area contributed by atoms with Crippen molar-refractivity contribution in [3.8, 4) is 33.4 Å². The molecule has 0 aliphatic carbocycles. The molecule has 0 radical (unpaired) electrons. The fourth-order valence-corrected chi connectivity index (χ4v) is 8.82. The van der Waals surface area contributed by atoms with Gasteiger partial charge in [-0.3, -0.25) is 0 Å². The number of hydrogen-bond acceptors (Lipinski definition) is 2. The molecule has 0 aliphatic rings. The van der Waals surface area contributed by atoms with Gasteiger partial charge >= 0.3 is 0 Å². The number of thiophene rings is 1. The maximum absolute atomic E-state index is 2.42. The predicted molar refractivity (Wildman–Crippen MR) is 225 cm³/mol. The summed E-state index contributed by atoms with van der Waals surface area (Å²) in [6, 6.07) is 73.1. The highest BCUT2D eigenvalue weighted by Crippen LogP contribution is 2.45. The molecule has 1 heterocycles. The summed E-state index contributed by atoms with van der Waals surface area (Å²) >= 11 is 1.87. The van der Waals surface area contributed by atoms with Gasteiger partial charge in [0.05, 0.1) is 5.69 Å². The lowest BCUT2D eigenvalue weighted by Gasteiger charge is -2.29. The molecule has 0 spiro atoms. The Kier molecular flexibility index (Phi) is 7.41. The second-order valence-corrected chi connectivity index (χ2v) is 14.4. The molecule has 1 aromatic heterocycles. The third-order valence-corrected chi connectivity index (χ3v) is 11.4. The molecule has 244 valence electrons. The first-order valence-electron chi connectivity index (χ1n) is 17.8. The molecular weight excluding hydrogens is 647 g/mol. The van der Waals surface area contributed by atoms with Crippen LogP contribution in [0.25, 0.3) is 75.1 Å². The lowest BCUT2D eigenvalue weighted by atomic mass is 9.95. The smallest absolute Gasteiger partial charge is 0.0540 e. The number of anilines is 3. The van der Waals surface area contributed by atoms with Gasteiger partial charge in [0.15, 0.2) is 0 Å². The molecule has 9 aromatic carbocycles. The average Bonchev–Trinajstić information content (AvgIpc) is 3.59. The number of rotatable bonds is 6. The van der Waals surface area contributed by atoms with Crippen LogP contribution in [-0.2, 0) is 0 Å². The highest BCUT2D eigenvalue weighted by Gasteiger charge is 2.19. The molecule has 0 saturated carbocycles. The first-order valence-corrected chi connectivity index (χ1v) is 18.6. The van der Waals surface area contributed by atoms with Gasteiger partial charge in [0, 0.05) is 37.1 Å². The summed E-state index contributed by atoms with van der Waals surface area (Å²) in [5.74, 6) is 0. The SMILES string of the molecule is c1ccc(-c2cc(-c3ccc4c(c3)sc3ccccc34)ccc2N(c2ccc(-c3cccc4ccccc34)cc2)c2ccc3ccccc3c2)cc1. The van der Waals surface area contributed by atoms with Crippen molar-refractivity contribution in [1.82, 2.24) is 0 Å². The van der Waals surface area contributed by atoms with Gasteiger partial charge in [0.1, 0.15) is 0 Å². The Hall–Kier alpha value is -6.48. The van der Waals surface area contributed by atoms with E-state index in [1.165, 1.54) is 75.1 Å². The van der Waals surface area contributed by atoms with E-state index in [0.717, 1.165) is 17.1 Å². The van der Waals surface area contributed by atoms with Gasteiger partial charge in [-0.25, -0.2) is 0 Å². The lowest BCUT2D eigenvalue weighted by molar-refractivity contribution is 1.29. The normalized spacial score (nSPS) is 11.5. The Morgan fingerprint density at radius 1 is 0.308 bits per heavy atom. The van der Waals surface area contributed by atoms with Crippen molar-refractivity contribution in [3.63, 3.8) is 0 Å². The van der Waals surface area contributed by atoms with Crippen molar-refractivity contribution in [1.29, 1.82) is 0 Å². The van der Waals surface area contributed by atoms with Crippen molar-refractivity contribution in [3.05, 3.63) is 200 Å². The average molecular weight is 680 g/mol. The third-order valence-electron chi connectivity index (χ3n) is 10.3. The second kappa shape index (κ2) is 12.7. The van der Waals surface area contributed by atoms with Gasteiger partial charge < -0.3 is 4.90 Å². The van der Waals surface area contributed by atoms with Crippen LogP contribution in [0.4, 0.5) is 17.1 Å². The molecule has 10 aromatic rings. The van der Waals surface area contributed by atoms with Crippen LogP contribution < -0.4 is 4.90 Å². The monoisotopic (exact) mass is 679 g/mol. The standard InChI is InChI=1S/C50H33NS/c1-2-12-36(13-3-1)47-32-39(40-24-29-46-45-18-8-9-20-49(45)52-50(46)33-40)25-30-48(47)51(42-28-21-34-11-4-5-15-38(34)31-42)41-26-22-37(23-27-41)44-19-10-16-35-14-6-7-17-43(35)44/h1-33H. The topological polar surface area (TPSA) is 3.24 Å². The molecular formula is C50H33NS. The Morgan fingerprint density at radius 3 is 1.79 bits per heavy atom. The van der Waals surface area contributed by atoms with E-state index in [-0.39, 0.29) is 0 Å². The molecule has 0 saturated heterocycles. The van der Waals surface area contributed by atoms with E-state index in [0.29, 0.717) is 0 Å². The van der Waals surface area contributed by atoms with Crippen LogP contribution in [0.15, 0.2) is 200 Å². The predicted octanol–water partition coefficient (Wildman–Crippen LogP) is 14.8. The highest BCUT2D eigenvalue weighted by molar-refractivity contribution is 7.25. The van der Waals surface area contributed by atoms with E-state index >= 15 is 0 Å². The summed E-state index contributed by atoms with van der Waals surface area (Å²) in [7, 11) is 0. The van der Waals surface area contributed by atoms with Crippen LogP contribution >= 0.6 is 11.3 Å². The van der Waals surface area contributed by atoms with Gasteiger partial charge in [-0.15, -0.1) is 11.3 Å². The number of benzene rings is 9. The van der Waals surface area contributed by atoms with E-state index < -0.39 is 0 Å². The number of fused-ring (bicyclic) bond motifs is 5. The Morgan fingerprint density at radius 2 is 0.923 bits per heavy atom. The molecule has 10 rings (SSSR count). The Bertz CT molecular complexity index is 2900. The van der Waals surface area contributed by atoms with E-state index in [2.05, 4.69) is 205 Å². The van der Waals surface area contributed by atoms with Gasteiger partial charge in [-0.1, -0.05) is 152 Å².